The fraction of sp³-hybridized carbons (Fsp3) is 0.615. The van der Waals surface area contributed by atoms with Crippen LogP contribution in [0.25, 0.3) is 0 Å². The van der Waals surface area contributed by atoms with Crippen LogP contribution in [0.15, 0.2) is 11.4 Å². The second-order valence-electron chi connectivity index (χ2n) is 4.99. The average molecular weight is 252 g/mol. The van der Waals surface area contributed by atoms with E-state index < -0.39 is 0 Å². The molecule has 17 heavy (non-hydrogen) atoms. The smallest absolute Gasteiger partial charge is 0.263 e. The minimum Gasteiger partial charge on any atom is -0.397 e. The first-order valence-corrected chi connectivity index (χ1v) is 7.18. The summed E-state index contributed by atoms with van der Waals surface area (Å²) in [6.07, 6.45) is 5.91. The van der Waals surface area contributed by atoms with Crippen LogP contribution in [0.2, 0.25) is 0 Å². The molecule has 1 aromatic heterocycles. The quantitative estimate of drug-likeness (QED) is 0.795. The zero-order valence-corrected chi connectivity index (χ0v) is 11.1. The van der Waals surface area contributed by atoms with Crippen molar-refractivity contribution >= 4 is 22.9 Å². The van der Waals surface area contributed by atoms with Crippen molar-refractivity contribution in [2.45, 2.75) is 45.1 Å². The lowest BCUT2D eigenvalue weighted by Gasteiger charge is -2.16. The molecule has 3 nitrogen and oxygen atoms in total. The molecule has 1 heterocycles. The van der Waals surface area contributed by atoms with Crippen LogP contribution < -0.4 is 11.1 Å². The Hall–Kier alpha value is -1.03. The fourth-order valence-electron chi connectivity index (χ4n) is 2.39. The Labute approximate surface area is 106 Å². The monoisotopic (exact) mass is 252 g/mol. The molecule has 0 aromatic carbocycles. The fourth-order valence-corrected chi connectivity index (χ4v) is 3.11. The Balaban J connectivity index is 1.92. The molecule has 0 bridgehead atoms. The molecule has 2 unspecified atom stereocenters. The van der Waals surface area contributed by atoms with E-state index in [1.807, 2.05) is 5.38 Å². The van der Waals surface area contributed by atoms with Gasteiger partial charge in [-0.25, -0.2) is 0 Å². The van der Waals surface area contributed by atoms with Gasteiger partial charge < -0.3 is 11.1 Å². The summed E-state index contributed by atoms with van der Waals surface area (Å²) in [5.74, 6) is 0.792. The van der Waals surface area contributed by atoms with Crippen molar-refractivity contribution in [1.82, 2.24) is 5.32 Å². The second-order valence-corrected chi connectivity index (χ2v) is 5.90. The lowest BCUT2D eigenvalue weighted by molar-refractivity contribution is 0.0938. The number of carbonyl (C=O) groups excluding carboxylic acids is 1. The van der Waals surface area contributed by atoms with Crippen LogP contribution in [-0.2, 0) is 0 Å². The lowest BCUT2D eigenvalue weighted by Crippen LogP contribution is -2.34. The Kier molecular flexibility index (Phi) is 4.05. The zero-order valence-electron chi connectivity index (χ0n) is 10.2. The molecule has 0 radical (unpaired) electrons. The molecule has 2 rings (SSSR count). The summed E-state index contributed by atoms with van der Waals surface area (Å²) in [4.78, 5) is 12.7. The maximum atomic E-state index is 12.0. The summed E-state index contributed by atoms with van der Waals surface area (Å²) in [5, 5.41) is 4.97. The van der Waals surface area contributed by atoms with Crippen LogP contribution in [0, 0.1) is 5.92 Å². The molecule has 1 saturated carbocycles. The molecule has 94 valence electrons. The van der Waals surface area contributed by atoms with Crippen molar-refractivity contribution in [1.29, 1.82) is 0 Å². The van der Waals surface area contributed by atoms with E-state index in [0.29, 0.717) is 16.6 Å². The van der Waals surface area contributed by atoms with Gasteiger partial charge in [0.2, 0.25) is 0 Å². The van der Waals surface area contributed by atoms with Gasteiger partial charge in [-0.3, -0.25) is 4.79 Å². The van der Waals surface area contributed by atoms with E-state index in [1.165, 1.54) is 30.6 Å². The maximum absolute atomic E-state index is 12.0. The van der Waals surface area contributed by atoms with E-state index in [0.717, 1.165) is 18.8 Å². The highest BCUT2D eigenvalue weighted by Gasteiger charge is 2.19. The summed E-state index contributed by atoms with van der Waals surface area (Å²) in [5.41, 5.74) is 6.34. The number of nitrogens with one attached hydrogen (secondary N) is 1. The van der Waals surface area contributed by atoms with Gasteiger partial charge >= 0.3 is 0 Å². The third-order valence-electron chi connectivity index (χ3n) is 3.49. The summed E-state index contributed by atoms with van der Waals surface area (Å²) in [6.45, 7) is 2.29. The maximum Gasteiger partial charge on any atom is 0.263 e. The summed E-state index contributed by atoms with van der Waals surface area (Å²) in [7, 11) is 0. The van der Waals surface area contributed by atoms with Gasteiger partial charge in [0.25, 0.3) is 5.91 Å². The lowest BCUT2D eigenvalue weighted by atomic mass is 10.0. The first-order valence-electron chi connectivity index (χ1n) is 6.30. The van der Waals surface area contributed by atoms with Crippen LogP contribution >= 0.6 is 11.3 Å². The van der Waals surface area contributed by atoms with E-state index in [2.05, 4.69) is 12.2 Å². The van der Waals surface area contributed by atoms with Crippen LogP contribution in [0.1, 0.15) is 48.7 Å². The third kappa shape index (κ3) is 3.22. The van der Waals surface area contributed by atoms with E-state index >= 15 is 0 Å². The van der Waals surface area contributed by atoms with Crippen molar-refractivity contribution in [2.75, 3.05) is 5.73 Å². The Bertz CT molecular complexity index is 389. The van der Waals surface area contributed by atoms with Crippen molar-refractivity contribution in [3.05, 3.63) is 16.3 Å². The molecule has 1 fully saturated rings. The highest BCUT2D eigenvalue weighted by atomic mass is 32.1. The number of hydrogen-bond acceptors (Lipinski definition) is 3. The van der Waals surface area contributed by atoms with Gasteiger partial charge in [-0.15, -0.1) is 11.3 Å². The molecule has 1 aromatic rings. The molecule has 1 aliphatic rings. The third-order valence-corrected chi connectivity index (χ3v) is 4.42. The number of hydrogen-bond donors (Lipinski definition) is 2. The number of thiophene rings is 1. The molecular weight excluding hydrogens is 232 g/mol. The summed E-state index contributed by atoms with van der Waals surface area (Å²) >= 11 is 1.41. The number of anilines is 1. The van der Waals surface area contributed by atoms with Crippen LogP contribution in [0.4, 0.5) is 5.69 Å². The highest BCUT2D eigenvalue weighted by Crippen LogP contribution is 2.24. The predicted octanol–water partition coefficient (Wildman–Crippen LogP) is 3.03. The number of rotatable bonds is 2. The van der Waals surface area contributed by atoms with Crippen LogP contribution in [0.3, 0.4) is 0 Å². The van der Waals surface area contributed by atoms with Crippen molar-refractivity contribution < 1.29 is 4.79 Å². The topological polar surface area (TPSA) is 55.1 Å². The Morgan fingerprint density at radius 2 is 2.24 bits per heavy atom. The first-order chi connectivity index (χ1) is 8.16. The van der Waals surface area contributed by atoms with E-state index in [1.54, 1.807) is 6.07 Å². The molecule has 1 aliphatic carbocycles. The Morgan fingerprint density at radius 3 is 2.94 bits per heavy atom. The van der Waals surface area contributed by atoms with Crippen molar-refractivity contribution in [3.8, 4) is 0 Å². The van der Waals surface area contributed by atoms with Gasteiger partial charge in [0.05, 0.1) is 5.69 Å². The minimum atomic E-state index is -0.00273. The second kappa shape index (κ2) is 5.54. The van der Waals surface area contributed by atoms with Gasteiger partial charge in [0.1, 0.15) is 4.88 Å². The molecule has 2 atom stereocenters. The highest BCUT2D eigenvalue weighted by molar-refractivity contribution is 7.12. The summed E-state index contributed by atoms with van der Waals surface area (Å²) in [6, 6.07) is 2.11. The van der Waals surface area contributed by atoms with Crippen LogP contribution in [-0.4, -0.2) is 11.9 Å². The number of amides is 1. The average Bonchev–Trinajstić information content (AvgIpc) is 2.61. The van der Waals surface area contributed by atoms with Crippen molar-refractivity contribution in [2.24, 2.45) is 5.92 Å². The normalized spacial score (nSPS) is 25.2. The number of nitrogens with two attached hydrogens (primary N) is 1. The first kappa shape index (κ1) is 12.4. The Morgan fingerprint density at radius 1 is 1.41 bits per heavy atom. The van der Waals surface area contributed by atoms with Gasteiger partial charge in [0, 0.05) is 6.04 Å². The largest absolute Gasteiger partial charge is 0.397 e. The predicted molar refractivity (Wildman–Crippen MR) is 72.2 cm³/mol. The molecule has 1 amide bonds. The number of carbonyl (C=O) groups is 1. The minimum absolute atomic E-state index is 0.00273. The molecule has 0 spiro atoms. The standard InChI is InChI=1S/C13H20N2OS/c1-9-3-2-4-10(6-5-9)15-13(16)12-11(14)7-8-17-12/h7-10H,2-6,14H2,1H3,(H,15,16). The zero-order chi connectivity index (χ0) is 12.3. The van der Waals surface area contributed by atoms with Gasteiger partial charge in [-0.05, 0) is 36.6 Å². The number of nitrogen functional groups attached to an aromatic ring is 1. The molecule has 3 N–H and O–H groups in total. The van der Waals surface area contributed by atoms with Crippen LogP contribution in [0.5, 0.6) is 0 Å². The van der Waals surface area contributed by atoms with E-state index in [9.17, 15) is 4.79 Å². The molecular formula is C13H20N2OS. The van der Waals surface area contributed by atoms with Crippen molar-refractivity contribution in [3.63, 3.8) is 0 Å². The van der Waals surface area contributed by atoms with Gasteiger partial charge in [0.15, 0.2) is 0 Å². The molecule has 0 aliphatic heterocycles. The molecule has 0 saturated heterocycles. The van der Waals surface area contributed by atoms with E-state index in [-0.39, 0.29) is 5.91 Å². The SMILES string of the molecule is CC1CCCC(NC(=O)c2sccc2N)CC1. The van der Waals surface area contributed by atoms with E-state index in [4.69, 9.17) is 5.73 Å². The molecule has 4 heteroatoms. The summed E-state index contributed by atoms with van der Waals surface area (Å²) < 4.78 is 0. The van der Waals surface area contributed by atoms with Gasteiger partial charge in [-0.1, -0.05) is 19.8 Å². The van der Waals surface area contributed by atoms with Gasteiger partial charge in [-0.2, -0.15) is 0 Å².